The topological polar surface area (TPSA) is 33.7 Å². The third-order valence-electron chi connectivity index (χ3n) is 3.51. The third-order valence-corrected chi connectivity index (χ3v) is 3.51. The van der Waals surface area contributed by atoms with Crippen LogP contribution in [0.15, 0.2) is 18.2 Å². The summed E-state index contributed by atoms with van der Waals surface area (Å²) in [6, 6.07) is 4.70. The van der Waals surface area contributed by atoms with Gasteiger partial charge in [-0.25, -0.2) is 4.39 Å². The average Bonchev–Trinajstić information content (AvgIpc) is 2.53. The van der Waals surface area contributed by atoms with E-state index in [1.165, 1.54) is 6.07 Å². The predicted molar refractivity (Wildman–Crippen MR) is 82.7 cm³/mol. The van der Waals surface area contributed by atoms with E-state index >= 15 is 0 Å². The van der Waals surface area contributed by atoms with Gasteiger partial charge in [-0.05, 0) is 18.6 Å². The number of hydrogen-bond donors (Lipinski definition) is 1. The van der Waals surface area contributed by atoms with Crippen LogP contribution in [-0.4, -0.2) is 46.0 Å². The second-order valence-corrected chi connectivity index (χ2v) is 5.16. The lowest BCUT2D eigenvalue weighted by Crippen LogP contribution is -2.43. The highest BCUT2D eigenvalue weighted by Gasteiger charge is 2.16. The highest BCUT2D eigenvalue weighted by molar-refractivity contribution is 5.59. The number of unbranched alkanes of at least 4 members (excludes halogenated alkanes) is 1. The summed E-state index contributed by atoms with van der Waals surface area (Å²) in [4.78, 5) is 2.16. The highest BCUT2D eigenvalue weighted by Crippen LogP contribution is 2.29. The number of nitrogens with one attached hydrogen (secondary N) is 1. The van der Waals surface area contributed by atoms with Crippen molar-refractivity contribution in [1.82, 2.24) is 5.32 Å². The maximum absolute atomic E-state index is 13.5. The average molecular weight is 296 g/mol. The van der Waals surface area contributed by atoms with Crippen molar-refractivity contribution in [2.24, 2.45) is 0 Å². The molecule has 0 atom stereocenters. The maximum Gasteiger partial charge on any atom is 0.142 e. The zero-order valence-electron chi connectivity index (χ0n) is 12.7. The standard InChI is InChI=1S/C16H25FN2O2/c1-2-3-10-20-11-12-21-16-5-4-14(17)13-15(16)19-8-6-18-7-9-19/h4-5,13,18H,2-3,6-12H2,1H3. The van der Waals surface area contributed by atoms with Gasteiger partial charge in [0.05, 0.1) is 12.3 Å². The van der Waals surface area contributed by atoms with Gasteiger partial charge in [0.2, 0.25) is 0 Å². The third kappa shape index (κ3) is 5.17. The van der Waals surface area contributed by atoms with E-state index in [1.807, 2.05) is 0 Å². The van der Waals surface area contributed by atoms with Gasteiger partial charge < -0.3 is 19.7 Å². The van der Waals surface area contributed by atoms with Gasteiger partial charge in [-0.15, -0.1) is 0 Å². The molecule has 0 bridgehead atoms. The summed E-state index contributed by atoms with van der Waals surface area (Å²) in [6.45, 7) is 7.53. The molecule has 1 N–H and O–H groups in total. The number of hydrogen-bond acceptors (Lipinski definition) is 4. The van der Waals surface area contributed by atoms with Crippen LogP contribution in [0.4, 0.5) is 10.1 Å². The fourth-order valence-electron chi connectivity index (χ4n) is 2.32. The lowest BCUT2D eigenvalue weighted by atomic mass is 10.2. The van der Waals surface area contributed by atoms with E-state index in [-0.39, 0.29) is 5.82 Å². The van der Waals surface area contributed by atoms with Crippen LogP contribution < -0.4 is 15.0 Å². The smallest absolute Gasteiger partial charge is 0.142 e. The second kappa shape index (κ2) is 8.85. The summed E-state index contributed by atoms with van der Waals surface area (Å²) >= 11 is 0. The first-order chi connectivity index (χ1) is 10.3. The summed E-state index contributed by atoms with van der Waals surface area (Å²) in [5.41, 5.74) is 0.838. The summed E-state index contributed by atoms with van der Waals surface area (Å²) in [6.07, 6.45) is 2.20. The van der Waals surface area contributed by atoms with Crippen LogP contribution in [0.25, 0.3) is 0 Å². The van der Waals surface area contributed by atoms with Crippen LogP contribution >= 0.6 is 0 Å². The van der Waals surface area contributed by atoms with Crippen LogP contribution in [0.5, 0.6) is 5.75 Å². The number of ether oxygens (including phenoxy) is 2. The molecule has 4 nitrogen and oxygen atoms in total. The number of benzene rings is 1. The fraction of sp³-hybridized carbons (Fsp3) is 0.625. The molecule has 1 aromatic carbocycles. The molecule has 0 aromatic heterocycles. The fourth-order valence-corrected chi connectivity index (χ4v) is 2.32. The Hall–Kier alpha value is -1.33. The van der Waals surface area contributed by atoms with Gasteiger partial charge in [-0.2, -0.15) is 0 Å². The summed E-state index contributed by atoms with van der Waals surface area (Å²) < 4.78 is 24.8. The van der Waals surface area contributed by atoms with Gasteiger partial charge in [0.1, 0.15) is 18.2 Å². The summed E-state index contributed by atoms with van der Waals surface area (Å²) in [7, 11) is 0. The quantitative estimate of drug-likeness (QED) is 0.747. The molecule has 0 radical (unpaired) electrons. The normalized spacial score (nSPS) is 15.2. The van der Waals surface area contributed by atoms with Crippen molar-refractivity contribution in [3.8, 4) is 5.75 Å². The van der Waals surface area contributed by atoms with Crippen LogP contribution in [0, 0.1) is 5.82 Å². The van der Waals surface area contributed by atoms with Crippen molar-refractivity contribution in [3.63, 3.8) is 0 Å². The molecule has 0 saturated carbocycles. The van der Waals surface area contributed by atoms with Crippen molar-refractivity contribution in [2.45, 2.75) is 19.8 Å². The molecule has 21 heavy (non-hydrogen) atoms. The van der Waals surface area contributed by atoms with Gasteiger partial charge in [0.15, 0.2) is 0 Å². The molecule has 1 saturated heterocycles. The van der Waals surface area contributed by atoms with Crippen LogP contribution in [0.1, 0.15) is 19.8 Å². The monoisotopic (exact) mass is 296 g/mol. The Morgan fingerprint density at radius 2 is 2.00 bits per heavy atom. The molecule has 2 rings (SSSR count). The van der Waals surface area contributed by atoms with Gasteiger partial charge in [0, 0.05) is 38.9 Å². The minimum atomic E-state index is -0.227. The Labute approximate surface area is 126 Å². The molecule has 1 aliphatic rings. The molecule has 0 amide bonds. The number of halogens is 1. The lowest BCUT2D eigenvalue weighted by Gasteiger charge is -2.30. The molecule has 5 heteroatoms. The zero-order chi connectivity index (χ0) is 14.9. The molecule has 0 aliphatic carbocycles. The van der Waals surface area contributed by atoms with Crippen molar-refractivity contribution < 1.29 is 13.9 Å². The zero-order valence-corrected chi connectivity index (χ0v) is 12.7. The Balaban J connectivity index is 1.88. The van der Waals surface area contributed by atoms with Crippen molar-refractivity contribution in [3.05, 3.63) is 24.0 Å². The van der Waals surface area contributed by atoms with E-state index in [1.54, 1.807) is 12.1 Å². The predicted octanol–water partition coefficient (Wildman–Crippen LogP) is 2.43. The first-order valence-corrected chi connectivity index (χ1v) is 7.77. The SMILES string of the molecule is CCCCOCCOc1ccc(F)cc1N1CCNCC1. The van der Waals surface area contributed by atoms with Crippen LogP contribution in [0.2, 0.25) is 0 Å². The number of piperazine rings is 1. The molecule has 1 fully saturated rings. The van der Waals surface area contributed by atoms with Crippen LogP contribution in [-0.2, 0) is 4.74 Å². The number of anilines is 1. The van der Waals surface area contributed by atoms with Gasteiger partial charge in [-0.3, -0.25) is 0 Å². The maximum atomic E-state index is 13.5. The molecule has 118 valence electrons. The van der Waals surface area contributed by atoms with Gasteiger partial charge in [-0.1, -0.05) is 13.3 Å². The van der Waals surface area contributed by atoms with E-state index in [9.17, 15) is 4.39 Å². The molecule has 1 aliphatic heterocycles. The largest absolute Gasteiger partial charge is 0.489 e. The minimum Gasteiger partial charge on any atom is -0.489 e. The molecular weight excluding hydrogens is 271 g/mol. The second-order valence-electron chi connectivity index (χ2n) is 5.16. The Morgan fingerprint density at radius 1 is 1.19 bits per heavy atom. The van der Waals surface area contributed by atoms with Crippen molar-refractivity contribution in [1.29, 1.82) is 0 Å². The van der Waals surface area contributed by atoms with E-state index in [0.717, 1.165) is 57.1 Å². The first-order valence-electron chi connectivity index (χ1n) is 7.77. The Bertz CT molecular complexity index is 423. The van der Waals surface area contributed by atoms with Crippen molar-refractivity contribution in [2.75, 3.05) is 50.9 Å². The van der Waals surface area contributed by atoms with Crippen molar-refractivity contribution >= 4 is 5.69 Å². The minimum absolute atomic E-state index is 0.227. The Kier molecular flexibility index (Phi) is 6.76. The van der Waals surface area contributed by atoms with Crippen LogP contribution in [0.3, 0.4) is 0 Å². The number of rotatable bonds is 8. The van der Waals surface area contributed by atoms with E-state index in [2.05, 4.69) is 17.1 Å². The molecular formula is C16H25FN2O2. The van der Waals surface area contributed by atoms with Gasteiger partial charge in [0.25, 0.3) is 0 Å². The molecule has 1 heterocycles. The number of nitrogens with zero attached hydrogens (tertiary/aromatic N) is 1. The molecule has 0 unspecified atom stereocenters. The van der Waals surface area contributed by atoms with E-state index in [4.69, 9.17) is 9.47 Å². The van der Waals surface area contributed by atoms with E-state index in [0.29, 0.717) is 13.2 Å². The Morgan fingerprint density at radius 3 is 2.76 bits per heavy atom. The molecule has 1 aromatic rings. The van der Waals surface area contributed by atoms with E-state index < -0.39 is 0 Å². The first kappa shape index (κ1) is 16.0. The summed E-state index contributed by atoms with van der Waals surface area (Å²) in [5.74, 6) is 0.507. The summed E-state index contributed by atoms with van der Waals surface area (Å²) in [5, 5.41) is 3.29. The molecule has 0 spiro atoms. The lowest BCUT2D eigenvalue weighted by molar-refractivity contribution is 0.0981. The van der Waals surface area contributed by atoms with Gasteiger partial charge >= 0.3 is 0 Å². The highest BCUT2D eigenvalue weighted by atomic mass is 19.1.